The highest BCUT2D eigenvalue weighted by Crippen LogP contribution is 2.17. The van der Waals surface area contributed by atoms with Crippen LogP contribution in [0.5, 0.6) is 0 Å². The van der Waals surface area contributed by atoms with Crippen molar-refractivity contribution >= 4 is 6.03 Å². The zero-order valence-corrected chi connectivity index (χ0v) is 14.0. The summed E-state index contributed by atoms with van der Waals surface area (Å²) in [4.78, 5) is 18.2. The minimum atomic E-state index is -0.0786. The standard InChI is InChI=1S/C18H24N4O/c1-5-21(12-14(2)3)18(23)20-15(4)16-7-6-8-17(11-16)22-10-9-19-13-22/h6-11,13,15H,2,5,12H2,1,3-4H3,(H,20,23). The number of carbonyl (C=O) groups is 1. The van der Waals surface area contributed by atoms with Crippen molar-refractivity contribution in [3.8, 4) is 5.69 Å². The van der Waals surface area contributed by atoms with Crippen LogP contribution in [-0.2, 0) is 0 Å². The molecule has 1 unspecified atom stereocenters. The molecule has 0 fully saturated rings. The van der Waals surface area contributed by atoms with Crippen molar-refractivity contribution in [2.45, 2.75) is 26.8 Å². The summed E-state index contributed by atoms with van der Waals surface area (Å²) >= 11 is 0. The normalized spacial score (nSPS) is 11.8. The molecule has 0 saturated carbocycles. The van der Waals surface area contributed by atoms with Gasteiger partial charge in [0.1, 0.15) is 0 Å². The minimum absolute atomic E-state index is 0.0731. The average Bonchev–Trinajstić information content (AvgIpc) is 3.06. The molecule has 1 N–H and O–H groups in total. The zero-order valence-electron chi connectivity index (χ0n) is 14.0. The lowest BCUT2D eigenvalue weighted by Gasteiger charge is -2.24. The summed E-state index contributed by atoms with van der Waals surface area (Å²) in [5, 5.41) is 3.05. The van der Waals surface area contributed by atoms with Crippen molar-refractivity contribution < 1.29 is 4.79 Å². The molecule has 0 aliphatic rings. The van der Waals surface area contributed by atoms with Crippen LogP contribution in [0.4, 0.5) is 4.79 Å². The number of amides is 2. The van der Waals surface area contributed by atoms with E-state index >= 15 is 0 Å². The van der Waals surface area contributed by atoms with Crippen molar-refractivity contribution in [2.24, 2.45) is 0 Å². The van der Waals surface area contributed by atoms with Gasteiger partial charge in [-0.1, -0.05) is 24.3 Å². The molecule has 1 heterocycles. The summed E-state index contributed by atoms with van der Waals surface area (Å²) in [6, 6.07) is 7.92. The van der Waals surface area contributed by atoms with Crippen LogP contribution < -0.4 is 5.32 Å². The number of rotatable bonds is 6. The smallest absolute Gasteiger partial charge is 0.318 e. The fourth-order valence-electron chi connectivity index (χ4n) is 2.38. The number of hydrogen-bond acceptors (Lipinski definition) is 2. The summed E-state index contributed by atoms with van der Waals surface area (Å²) in [7, 11) is 0. The highest BCUT2D eigenvalue weighted by Gasteiger charge is 2.15. The number of aromatic nitrogens is 2. The predicted molar refractivity (Wildman–Crippen MR) is 92.6 cm³/mol. The maximum absolute atomic E-state index is 12.4. The van der Waals surface area contributed by atoms with Gasteiger partial charge in [0, 0.05) is 31.2 Å². The topological polar surface area (TPSA) is 50.2 Å². The van der Waals surface area contributed by atoms with E-state index < -0.39 is 0 Å². The molecule has 1 atom stereocenters. The first-order valence-electron chi connectivity index (χ1n) is 7.79. The number of carbonyl (C=O) groups excluding carboxylic acids is 1. The molecular weight excluding hydrogens is 288 g/mol. The highest BCUT2D eigenvalue weighted by atomic mass is 16.2. The Hall–Kier alpha value is -2.56. The Kier molecular flexibility index (Phi) is 5.57. The maximum atomic E-state index is 12.4. The summed E-state index contributed by atoms with van der Waals surface area (Å²) in [6.45, 7) is 11.0. The quantitative estimate of drug-likeness (QED) is 0.829. The van der Waals surface area contributed by atoms with Gasteiger partial charge in [0.15, 0.2) is 0 Å². The monoisotopic (exact) mass is 312 g/mol. The number of nitrogens with one attached hydrogen (secondary N) is 1. The number of imidazole rings is 1. The van der Waals surface area contributed by atoms with Crippen LogP contribution in [0.3, 0.4) is 0 Å². The number of nitrogens with zero attached hydrogens (tertiary/aromatic N) is 3. The van der Waals surface area contributed by atoms with Gasteiger partial charge < -0.3 is 14.8 Å². The van der Waals surface area contributed by atoms with E-state index in [0.717, 1.165) is 16.8 Å². The lowest BCUT2D eigenvalue weighted by molar-refractivity contribution is 0.201. The van der Waals surface area contributed by atoms with Crippen LogP contribution in [0.1, 0.15) is 32.4 Å². The number of urea groups is 1. The van der Waals surface area contributed by atoms with Gasteiger partial charge in [0.25, 0.3) is 0 Å². The number of likely N-dealkylation sites (N-methyl/N-ethyl adjacent to an activating group) is 1. The van der Waals surface area contributed by atoms with E-state index in [0.29, 0.717) is 13.1 Å². The van der Waals surface area contributed by atoms with Gasteiger partial charge in [-0.25, -0.2) is 9.78 Å². The molecule has 2 amide bonds. The summed E-state index contributed by atoms with van der Waals surface area (Å²) in [5.74, 6) is 0. The largest absolute Gasteiger partial charge is 0.331 e. The maximum Gasteiger partial charge on any atom is 0.318 e. The van der Waals surface area contributed by atoms with E-state index in [2.05, 4.69) is 22.9 Å². The van der Waals surface area contributed by atoms with Gasteiger partial charge in [-0.05, 0) is 38.5 Å². The lowest BCUT2D eigenvalue weighted by Crippen LogP contribution is -2.41. The third kappa shape index (κ3) is 4.45. The molecule has 1 aromatic carbocycles. The van der Waals surface area contributed by atoms with Gasteiger partial charge in [0.05, 0.1) is 12.4 Å². The molecular formula is C18H24N4O. The Balaban J connectivity index is 2.08. The summed E-state index contributed by atoms with van der Waals surface area (Å²) in [6.07, 6.45) is 5.40. The molecule has 2 rings (SSSR count). The van der Waals surface area contributed by atoms with Crippen LogP contribution >= 0.6 is 0 Å². The minimum Gasteiger partial charge on any atom is -0.331 e. The van der Waals surface area contributed by atoms with E-state index in [1.807, 2.05) is 49.7 Å². The molecule has 0 aliphatic carbocycles. The summed E-state index contributed by atoms with van der Waals surface area (Å²) < 4.78 is 1.94. The lowest BCUT2D eigenvalue weighted by atomic mass is 10.1. The van der Waals surface area contributed by atoms with Crippen molar-refractivity contribution in [1.82, 2.24) is 19.8 Å². The highest BCUT2D eigenvalue weighted by molar-refractivity contribution is 5.75. The van der Waals surface area contributed by atoms with Gasteiger partial charge >= 0.3 is 6.03 Å². The molecule has 5 nitrogen and oxygen atoms in total. The molecule has 0 radical (unpaired) electrons. The molecule has 1 aromatic heterocycles. The Morgan fingerprint density at radius 1 is 1.48 bits per heavy atom. The van der Waals surface area contributed by atoms with E-state index in [1.165, 1.54) is 0 Å². The molecule has 0 aliphatic heterocycles. The Bertz CT molecular complexity index is 663. The molecule has 23 heavy (non-hydrogen) atoms. The zero-order chi connectivity index (χ0) is 16.8. The van der Waals surface area contributed by atoms with E-state index in [-0.39, 0.29) is 12.1 Å². The second-order valence-corrected chi connectivity index (χ2v) is 5.71. The predicted octanol–water partition coefficient (Wildman–Crippen LogP) is 3.54. The van der Waals surface area contributed by atoms with Crippen molar-refractivity contribution in [3.63, 3.8) is 0 Å². The fourth-order valence-corrected chi connectivity index (χ4v) is 2.38. The van der Waals surface area contributed by atoms with Gasteiger partial charge in [-0.3, -0.25) is 0 Å². The number of hydrogen-bond donors (Lipinski definition) is 1. The average molecular weight is 312 g/mol. The van der Waals surface area contributed by atoms with Crippen LogP contribution in [0.2, 0.25) is 0 Å². The first-order valence-corrected chi connectivity index (χ1v) is 7.79. The Morgan fingerprint density at radius 2 is 2.26 bits per heavy atom. The number of benzene rings is 1. The van der Waals surface area contributed by atoms with Gasteiger partial charge in [0.2, 0.25) is 0 Å². The second-order valence-electron chi connectivity index (χ2n) is 5.71. The van der Waals surface area contributed by atoms with Crippen LogP contribution in [0.25, 0.3) is 5.69 Å². The van der Waals surface area contributed by atoms with Gasteiger partial charge in [-0.2, -0.15) is 0 Å². The first-order chi connectivity index (χ1) is 11.0. The molecule has 0 spiro atoms. The fraction of sp³-hybridized carbons (Fsp3) is 0.333. The van der Waals surface area contributed by atoms with E-state index in [9.17, 15) is 4.79 Å². The molecule has 0 bridgehead atoms. The molecule has 122 valence electrons. The Morgan fingerprint density at radius 3 is 2.87 bits per heavy atom. The molecule has 2 aromatic rings. The van der Waals surface area contributed by atoms with E-state index in [4.69, 9.17) is 0 Å². The van der Waals surface area contributed by atoms with Crippen LogP contribution in [0, 0.1) is 0 Å². The van der Waals surface area contributed by atoms with Crippen LogP contribution in [-0.4, -0.2) is 33.6 Å². The van der Waals surface area contributed by atoms with Crippen molar-refractivity contribution in [3.05, 3.63) is 60.7 Å². The summed E-state index contributed by atoms with van der Waals surface area (Å²) in [5.41, 5.74) is 3.04. The van der Waals surface area contributed by atoms with Crippen molar-refractivity contribution in [1.29, 1.82) is 0 Å². The first kappa shape index (κ1) is 16.8. The van der Waals surface area contributed by atoms with E-state index in [1.54, 1.807) is 17.4 Å². The molecule has 0 saturated heterocycles. The third-order valence-corrected chi connectivity index (χ3v) is 3.64. The third-order valence-electron chi connectivity index (χ3n) is 3.64. The SMILES string of the molecule is C=C(C)CN(CC)C(=O)NC(C)c1cccc(-n2ccnc2)c1. The van der Waals surface area contributed by atoms with Crippen molar-refractivity contribution in [2.75, 3.05) is 13.1 Å². The Labute approximate surface area is 137 Å². The van der Waals surface area contributed by atoms with Gasteiger partial charge in [-0.15, -0.1) is 0 Å². The molecule has 5 heteroatoms. The second kappa shape index (κ2) is 7.63. The van der Waals surface area contributed by atoms with Crippen LogP contribution in [0.15, 0.2) is 55.1 Å².